The quantitative estimate of drug-likeness (QED) is 0.257. The van der Waals surface area contributed by atoms with Crippen LogP contribution in [-0.2, 0) is 6.42 Å². The maximum atomic E-state index is 12.3. The van der Waals surface area contributed by atoms with Crippen molar-refractivity contribution < 1.29 is 9.59 Å². The summed E-state index contributed by atoms with van der Waals surface area (Å²) in [7, 11) is 1.88. The highest BCUT2D eigenvalue weighted by molar-refractivity contribution is 7.80. The van der Waals surface area contributed by atoms with E-state index in [0.29, 0.717) is 17.6 Å². The summed E-state index contributed by atoms with van der Waals surface area (Å²) in [6.07, 6.45) is 4.29. The van der Waals surface area contributed by atoms with E-state index in [0.717, 1.165) is 59.0 Å². The van der Waals surface area contributed by atoms with Crippen LogP contribution in [0.4, 0.5) is 32.3 Å². The third kappa shape index (κ3) is 7.14. The molecule has 0 aromatic heterocycles. The summed E-state index contributed by atoms with van der Waals surface area (Å²) in [5.74, 6) is 0. The zero-order valence-corrected chi connectivity index (χ0v) is 23.4. The first-order valence-corrected chi connectivity index (χ1v) is 13.7. The van der Waals surface area contributed by atoms with Gasteiger partial charge in [0.2, 0.25) is 0 Å². The first kappa shape index (κ1) is 27.7. The molecule has 3 aromatic carbocycles. The second-order valence-corrected chi connectivity index (χ2v) is 10.4. The number of benzene rings is 3. The van der Waals surface area contributed by atoms with Crippen LogP contribution in [0.25, 0.3) is 0 Å². The van der Waals surface area contributed by atoms with Crippen molar-refractivity contribution in [2.45, 2.75) is 43.5 Å². The molecule has 5 rings (SSSR count). The molecule has 2 aliphatic heterocycles. The molecule has 1 fully saturated rings. The summed E-state index contributed by atoms with van der Waals surface area (Å²) in [5, 5.41) is 9.53. The van der Waals surface area contributed by atoms with Crippen LogP contribution in [0.1, 0.15) is 31.7 Å². The van der Waals surface area contributed by atoms with Gasteiger partial charge in [0.15, 0.2) is 0 Å². The number of piperidine rings is 1. The molecule has 7 nitrogen and oxygen atoms in total. The molecule has 0 aliphatic carbocycles. The predicted octanol–water partition coefficient (Wildman–Crippen LogP) is 7.36. The molecule has 0 saturated carbocycles. The number of carbonyl (C=O) groups is 2. The van der Waals surface area contributed by atoms with Gasteiger partial charge in [-0.05, 0) is 105 Å². The molecule has 0 bridgehead atoms. The van der Waals surface area contributed by atoms with E-state index in [9.17, 15) is 9.59 Å². The van der Waals surface area contributed by atoms with Crippen LogP contribution in [0.2, 0.25) is 5.02 Å². The lowest BCUT2D eigenvalue weighted by atomic mass is 10.0. The Morgan fingerprint density at radius 1 is 0.868 bits per heavy atom. The molecule has 38 heavy (non-hydrogen) atoms. The van der Waals surface area contributed by atoms with Crippen LogP contribution in [0, 0.1) is 0 Å². The number of hydrogen-bond donors (Lipinski definition) is 4. The normalized spacial score (nSPS) is 16.2. The maximum Gasteiger partial charge on any atom is 0.326 e. The van der Waals surface area contributed by atoms with Gasteiger partial charge >= 0.3 is 12.1 Å². The van der Waals surface area contributed by atoms with Gasteiger partial charge in [-0.25, -0.2) is 9.59 Å². The van der Waals surface area contributed by atoms with Crippen LogP contribution in [0.5, 0.6) is 0 Å². The molecule has 200 valence electrons. The fourth-order valence-corrected chi connectivity index (χ4v) is 5.00. The highest BCUT2D eigenvalue weighted by Gasteiger charge is 2.25. The number of nitrogens with zero attached hydrogens (tertiary/aromatic N) is 2. The van der Waals surface area contributed by atoms with E-state index in [1.807, 2.05) is 54.4 Å². The standard InChI is InChI=1S/C15H13ClN2OS.C14H21N3O/c16-11-1-3-12(4-2-11)17-15(19)18-8-7-10-9-13(20)5-6-14(10)18;1-11-5-3-4-10-17(11)14(18)16-13-8-6-12(15-2)7-9-13/h1-6,9,20H,7-8H2,(H,17,19);6-9,11,15H,3-5,10H2,1-2H3,(H,16,18). The number of amides is 4. The highest BCUT2D eigenvalue weighted by atomic mass is 35.5. The average molecular weight is 552 g/mol. The number of halogens is 1. The van der Waals surface area contributed by atoms with E-state index < -0.39 is 0 Å². The van der Waals surface area contributed by atoms with E-state index in [1.54, 1.807) is 29.2 Å². The number of carbonyl (C=O) groups excluding carboxylic acids is 2. The van der Waals surface area contributed by atoms with Crippen molar-refractivity contribution in [3.05, 3.63) is 77.3 Å². The van der Waals surface area contributed by atoms with E-state index in [2.05, 4.69) is 35.5 Å². The Morgan fingerprint density at radius 3 is 2.16 bits per heavy atom. The zero-order valence-electron chi connectivity index (χ0n) is 21.7. The van der Waals surface area contributed by atoms with E-state index in [4.69, 9.17) is 11.6 Å². The van der Waals surface area contributed by atoms with Gasteiger partial charge < -0.3 is 20.9 Å². The fourth-order valence-electron chi connectivity index (χ4n) is 4.64. The molecular formula is C29H34ClN5O2S. The van der Waals surface area contributed by atoms with Crippen molar-refractivity contribution in [1.29, 1.82) is 0 Å². The van der Waals surface area contributed by atoms with Gasteiger partial charge in [-0.3, -0.25) is 4.90 Å². The molecule has 1 saturated heterocycles. The van der Waals surface area contributed by atoms with Gasteiger partial charge in [0.05, 0.1) is 0 Å². The summed E-state index contributed by atoms with van der Waals surface area (Å²) in [6, 6.07) is 20.9. The Hall–Kier alpha value is -3.36. The Labute approximate surface area is 235 Å². The second-order valence-electron chi connectivity index (χ2n) is 9.45. The average Bonchev–Trinajstić information content (AvgIpc) is 3.34. The topological polar surface area (TPSA) is 76.7 Å². The summed E-state index contributed by atoms with van der Waals surface area (Å²) < 4.78 is 0. The number of anilines is 4. The summed E-state index contributed by atoms with van der Waals surface area (Å²) in [5.41, 5.74) is 4.73. The molecule has 9 heteroatoms. The summed E-state index contributed by atoms with van der Waals surface area (Å²) >= 11 is 10.1. The first-order valence-electron chi connectivity index (χ1n) is 12.9. The third-order valence-corrected chi connectivity index (χ3v) is 7.32. The van der Waals surface area contributed by atoms with Crippen molar-refractivity contribution in [1.82, 2.24) is 4.90 Å². The number of thiol groups is 1. The third-order valence-electron chi connectivity index (χ3n) is 6.79. The van der Waals surface area contributed by atoms with Crippen LogP contribution >= 0.6 is 24.2 Å². The molecular weight excluding hydrogens is 518 g/mol. The second kappa shape index (κ2) is 12.9. The van der Waals surface area contributed by atoms with E-state index >= 15 is 0 Å². The monoisotopic (exact) mass is 551 g/mol. The van der Waals surface area contributed by atoms with Crippen LogP contribution in [-0.4, -0.2) is 43.1 Å². The largest absolute Gasteiger partial charge is 0.388 e. The fraction of sp³-hybridized carbons (Fsp3) is 0.310. The molecule has 2 aliphatic rings. The molecule has 1 atom stereocenters. The molecule has 3 aromatic rings. The molecule has 0 radical (unpaired) electrons. The lowest BCUT2D eigenvalue weighted by Crippen LogP contribution is -2.44. The van der Waals surface area contributed by atoms with E-state index in [1.165, 1.54) is 6.42 Å². The first-order chi connectivity index (χ1) is 18.3. The summed E-state index contributed by atoms with van der Waals surface area (Å²) in [4.78, 5) is 29.0. The highest BCUT2D eigenvalue weighted by Crippen LogP contribution is 2.30. The molecule has 3 N–H and O–H groups in total. The Morgan fingerprint density at radius 2 is 1.50 bits per heavy atom. The molecule has 2 heterocycles. The number of urea groups is 2. The van der Waals surface area contributed by atoms with Gasteiger partial charge in [0, 0.05) is 58.8 Å². The SMILES string of the molecule is CNc1ccc(NC(=O)N2CCCCC2C)cc1.O=C(Nc1ccc(Cl)cc1)N1CCc2cc(S)ccc21. The van der Waals surface area contributed by atoms with Gasteiger partial charge in [0.1, 0.15) is 0 Å². The Kier molecular flexibility index (Phi) is 9.42. The van der Waals surface area contributed by atoms with Crippen molar-refractivity contribution in [2.24, 2.45) is 0 Å². The number of hydrogen-bond acceptors (Lipinski definition) is 4. The predicted molar refractivity (Wildman–Crippen MR) is 160 cm³/mol. The number of fused-ring (bicyclic) bond motifs is 1. The van der Waals surface area contributed by atoms with Gasteiger partial charge in [-0.2, -0.15) is 0 Å². The van der Waals surface area contributed by atoms with Crippen LogP contribution in [0.3, 0.4) is 0 Å². The minimum absolute atomic E-state index is 0.0133. The van der Waals surface area contributed by atoms with Gasteiger partial charge in [-0.15, -0.1) is 12.6 Å². The number of likely N-dealkylation sites (tertiary alicyclic amines) is 1. The van der Waals surface area contributed by atoms with Gasteiger partial charge in [0.25, 0.3) is 0 Å². The van der Waals surface area contributed by atoms with Crippen molar-refractivity contribution in [2.75, 3.05) is 41.0 Å². The Bertz CT molecular complexity index is 1250. The van der Waals surface area contributed by atoms with Gasteiger partial charge in [-0.1, -0.05) is 11.6 Å². The lowest BCUT2D eigenvalue weighted by Gasteiger charge is -2.33. The zero-order chi connectivity index (χ0) is 27.1. The number of rotatable bonds is 3. The smallest absolute Gasteiger partial charge is 0.326 e. The molecule has 1 unspecified atom stereocenters. The van der Waals surface area contributed by atoms with Crippen LogP contribution in [0.15, 0.2) is 71.6 Å². The molecule has 4 amide bonds. The lowest BCUT2D eigenvalue weighted by molar-refractivity contribution is 0.170. The number of nitrogens with one attached hydrogen (secondary N) is 3. The molecule has 0 spiro atoms. The van der Waals surface area contributed by atoms with Crippen molar-refractivity contribution in [3.63, 3.8) is 0 Å². The van der Waals surface area contributed by atoms with Crippen LogP contribution < -0.4 is 20.9 Å². The summed E-state index contributed by atoms with van der Waals surface area (Å²) in [6.45, 7) is 3.66. The van der Waals surface area contributed by atoms with Crippen molar-refractivity contribution >= 4 is 59.0 Å². The van der Waals surface area contributed by atoms with Crippen molar-refractivity contribution in [3.8, 4) is 0 Å². The minimum Gasteiger partial charge on any atom is -0.388 e. The Balaban J connectivity index is 0.000000178. The van der Waals surface area contributed by atoms with E-state index in [-0.39, 0.29) is 12.1 Å². The maximum absolute atomic E-state index is 12.3. The minimum atomic E-state index is -0.127.